The quantitative estimate of drug-likeness (QED) is 0.808. The van der Waals surface area contributed by atoms with Crippen LogP contribution in [0.5, 0.6) is 0 Å². The van der Waals surface area contributed by atoms with Crippen molar-refractivity contribution in [2.75, 3.05) is 13.1 Å². The van der Waals surface area contributed by atoms with Crippen molar-refractivity contribution in [2.24, 2.45) is 5.92 Å². The maximum absolute atomic E-state index is 12.0. The Morgan fingerprint density at radius 1 is 0.957 bits per heavy atom. The number of nitrogens with zero attached hydrogens (tertiary/aromatic N) is 1. The normalized spacial score (nSPS) is 21.9. The number of hydrogen-bond donors (Lipinski definition) is 0. The summed E-state index contributed by atoms with van der Waals surface area (Å²) in [5.74, 6) is 0.540. The third-order valence-corrected chi connectivity index (χ3v) is 5.01. The minimum absolute atomic E-state index is 0.183. The van der Waals surface area contributed by atoms with Crippen LogP contribution in [0.25, 0.3) is 0 Å². The van der Waals surface area contributed by atoms with E-state index in [1.165, 1.54) is 5.56 Å². The Morgan fingerprint density at radius 3 is 2.43 bits per heavy atom. The minimum atomic E-state index is -0.184. The molecule has 23 heavy (non-hydrogen) atoms. The van der Waals surface area contributed by atoms with Gasteiger partial charge in [0.2, 0.25) is 0 Å². The first-order valence-corrected chi connectivity index (χ1v) is 8.39. The number of cyclic esters (lactones) is 1. The fourth-order valence-electron chi connectivity index (χ4n) is 3.74. The average molecular weight is 307 g/mol. The highest BCUT2D eigenvalue weighted by atomic mass is 16.6. The highest BCUT2D eigenvalue weighted by Crippen LogP contribution is 2.35. The van der Waals surface area contributed by atoms with Crippen LogP contribution in [0.1, 0.15) is 40.6 Å². The Labute approximate surface area is 136 Å². The lowest BCUT2D eigenvalue weighted by Crippen LogP contribution is -2.37. The van der Waals surface area contributed by atoms with Gasteiger partial charge in [0.05, 0.1) is 5.56 Å². The number of hydrogen-bond acceptors (Lipinski definition) is 3. The van der Waals surface area contributed by atoms with Crippen molar-refractivity contribution in [3.63, 3.8) is 0 Å². The molecule has 1 atom stereocenters. The molecule has 0 unspecified atom stereocenters. The molecule has 0 amide bonds. The van der Waals surface area contributed by atoms with Crippen LogP contribution in [0.2, 0.25) is 0 Å². The lowest BCUT2D eigenvalue weighted by atomic mass is 9.90. The van der Waals surface area contributed by atoms with Gasteiger partial charge in [-0.05, 0) is 36.8 Å². The predicted molar refractivity (Wildman–Crippen MR) is 89.0 cm³/mol. The third-order valence-electron chi connectivity index (χ3n) is 5.01. The molecular formula is C20H21NO2. The molecular weight excluding hydrogens is 286 g/mol. The molecule has 2 aliphatic rings. The van der Waals surface area contributed by atoms with E-state index in [0.717, 1.165) is 49.4 Å². The van der Waals surface area contributed by atoms with E-state index >= 15 is 0 Å². The largest absolute Gasteiger partial charge is 0.438 e. The number of likely N-dealkylation sites (tertiary alicyclic amines) is 1. The van der Waals surface area contributed by atoms with Crippen LogP contribution in [0.15, 0.2) is 54.6 Å². The van der Waals surface area contributed by atoms with E-state index in [1.807, 2.05) is 24.3 Å². The van der Waals surface area contributed by atoms with Crippen molar-refractivity contribution >= 4 is 5.97 Å². The Bertz CT molecular complexity index is 690. The van der Waals surface area contributed by atoms with Crippen LogP contribution in [0.4, 0.5) is 0 Å². The highest BCUT2D eigenvalue weighted by Gasteiger charge is 2.36. The molecule has 0 spiro atoms. The molecule has 1 saturated heterocycles. The zero-order valence-electron chi connectivity index (χ0n) is 13.2. The van der Waals surface area contributed by atoms with E-state index in [4.69, 9.17) is 4.74 Å². The van der Waals surface area contributed by atoms with Crippen LogP contribution in [-0.2, 0) is 11.2 Å². The molecule has 0 N–H and O–H groups in total. The number of ether oxygens (including phenoxy) is 1. The fourth-order valence-corrected chi connectivity index (χ4v) is 3.74. The standard InChI is InChI=1S/C20H21NO2/c22-20-18-9-5-4-8-17(18)19(23-20)21-12-10-16(11-13-21)14-15-6-2-1-3-7-15/h1-9,16,19H,10-14H2/t19-/m0/s1. The molecule has 0 bridgehead atoms. The summed E-state index contributed by atoms with van der Waals surface area (Å²) < 4.78 is 5.61. The molecule has 2 aromatic rings. The van der Waals surface area contributed by atoms with Gasteiger partial charge in [0.25, 0.3) is 0 Å². The Kier molecular flexibility index (Phi) is 3.88. The van der Waals surface area contributed by atoms with Gasteiger partial charge in [0.1, 0.15) is 0 Å². The summed E-state index contributed by atoms with van der Waals surface area (Å²) in [7, 11) is 0. The molecule has 118 valence electrons. The number of piperidine rings is 1. The zero-order chi connectivity index (χ0) is 15.6. The number of rotatable bonds is 3. The Balaban J connectivity index is 1.40. The van der Waals surface area contributed by atoms with E-state index in [-0.39, 0.29) is 12.2 Å². The van der Waals surface area contributed by atoms with Crippen LogP contribution >= 0.6 is 0 Å². The van der Waals surface area contributed by atoms with Crippen LogP contribution in [-0.4, -0.2) is 24.0 Å². The van der Waals surface area contributed by atoms with Gasteiger partial charge in [-0.2, -0.15) is 0 Å². The number of esters is 1. The lowest BCUT2D eigenvalue weighted by molar-refractivity contribution is -0.0357. The molecule has 0 radical (unpaired) electrons. The first-order chi connectivity index (χ1) is 11.3. The first-order valence-electron chi connectivity index (χ1n) is 8.39. The van der Waals surface area contributed by atoms with Crippen molar-refractivity contribution in [1.82, 2.24) is 4.90 Å². The number of carbonyl (C=O) groups excluding carboxylic acids is 1. The van der Waals surface area contributed by atoms with Crippen molar-refractivity contribution < 1.29 is 9.53 Å². The van der Waals surface area contributed by atoms with E-state index < -0.39 is 0 Å². The average Bonchev–Trinajstić information content (AvgIpc) is 2.94. The monoisotopic (exact) mass is 307 g/mol. The van der Waals surface area contributed by atoms with Gasteiger partial charge in [-0.1, -0.05) is 48.5 Å². The van der Waals surface area contributed by atoms with Gasteiger partial charge >= 0.3 is 5.97 Å². The number of fused-ring (bicyclic) bond motifs is 1. The topological polar surface area (TPSA) is 29.5 Å². The van der Waals surface area contributed by atoms with Gasteiger partial charge in [0.15, 0.2) is 6.23 Å². The first kappa shape index (κ1) is 14.5. The molecule has 0 saturated carbocycles. The predicted octanol–water partition coefficient (Wildman–Crippen LogP) is 3.81. The molecule has 1 fully saturated rings. The summed E-state index contributed by atoms with van der Waals surface area (Å²) in [5.41, 5.74) is 3.17. The second kappa shape index (κ2) is 6.17. The van der Waals surface area contributed by atoms with Crippen LogP contribution in [0, 0.1) is 5.92 Å². The smallest absolute Gasteiger partial charge is 0.340 e. The number of carbonyl (C=O) groups is 1. The second-order valence-electron chi connectivity index (χ2n) is 6.51. The maximum Gasteiger partial charge on any atom is 0.340 e. The van der Waals surface area contributed by atoms with Gasteiger partial charge in [-0.25, -0.2) is 4.79 Å². The molecule has 0 aromatic heterocycles. The van der Waals surface area contributed by atoms with Crippen molar-refractivity contribution in [2.45, 2.75) is 25.5 Å². The van der Waals surface area contributed by atoms with Gasteiger partial charge in [-0.3, -0.25) is 4.90 Å². The van der Waals surface area contributed by atoms with E-state index in [0.29, 0.717) is 0 Å². The Hall–Kier alpha value is -2.13. The lowest BCUT2D eigenvalue weighted by Gasteiger charge is -2.35. The highest BCUT2D eigenvalue weighted by molar-refractivity contribution is 5.93. The van der Waals surface area contributed by atoms with Crippen LogP contribution in [0.3, 0.4) is 0 Å². The Morgan fingerprint density at radius 2 is 1.65 bits per heavy atom. The summed E-state index contributed by atoms with van der Waals surface area (Å²) in [4.78, 5) is 14.3. The molecule has 2 heterocycles. The maximum atomic E-state index is 12.0. The van der Waals surface area contributed by atoms with Crippen LogP contribution < -0.4 is 0 Å². The molecule has 3 nitrogen and oxygen atoms in total. The third kappa shape index (κ3) is 2.89. The second-order valence-corrected chi connectivity index (χ2v) is 6.51. The summed E-state index contributed by atoms with van der Waals surface area (Å²) in [6, 6.07) is 18.5. The van der Waals surface area contributed by atoms with Crippen molar-refractivity contribution in [1.29, 1.82) is 0 Å². The molecule has 4 rings (SSSR count). The van der Waals surface area contributed by atoms with E-state index in [9.17, 15) is 4.79 Å². The van der Waals surface area contributed by atoms with Gasteiger partial charge in [-0.15, -0.1) is 0 Å². The summed E-state index contributed by atoms with van der Waals surface area (Å²) in [6.45, 7) is 1.98. The minimum Gasteiger partial charge on any atom is -0.438 e. The van der Waals surface area contributed by atoms with Gasteiger partial charge < -0.3 is 4.74 Å². The fraction of sp³-hybridized carbons (Fsp3) is 0.350. The molecule has 2 aliphatic heterocycles. The summed E-state index contributed by atoms with van der Waals surface area (Å²) >= 11 is 0. The zero-order valence-corrected chi connectivity index (χ0v) is 13.2. The van der Waals surface area contributed by atoms with E-state index in [2.05, 4.69) is 35.2 Å². The summed E-state index contributed by atoms with van der Waals surface area (Å²) in [5, 5.41) is 0. The SMILES string of the molecule is O=C1O[C@H](N2CCC(Cc3ccccc3)CC2)c2ccccc21. The van der Waals surface area contributed by atoms with Crippen molar-refractivity contribution in [3.8, 4) is 0 Å². The molecule has 0 aliphatic carbocycles. The number of benzene rings is 2. The van der Waals surface area contributed by atoms with E-state index in [1.54, 1.807) is 0 Å². The van der Waals surface area contributed by atoms with Gasteiger partial charge in [0, 0.05) is 18.7 Å². The summed E-state index contributed by atoms with van der Waals surface area (Å²) in [6.07, 6.45) is 3.28. The molecule has 2 aromatic carbocycles. The molecule has 3 heteroatoms. The van der Waals surface area contributed by atoms with Crippen molar-refractivity contribution in [3.05, 3.63) is 71.3 Å².